The zero-order valence-electron chi connectivity index (χ0n) is 15.3. The van der Waals surface area contributed by atoms with Crippen molar-refractivity contribution in [1.82, 2.24) is 20.4 Å². The fourth-order valence-electron chi connectivity index (χ4n) is 3.85. The van der Waals surface area contributed by atoms with Crippen molar-refractivity contribution in [3.8, 4) is 0 Å². The van der Waals surface area contributed by atoms with E-state index in [0.717, 1.165) is 12.1 Å². The monoisotopic (exact) mass is 360 g/mol. The number of carbonyl (C=O) groups excluding carboxylic acids is 1. The molecule has 1 aliphatic rings. The minimum Gasteiger partial charge on any atom is -0.338 e. The van der Waals surface area contributed by atoms with Crippen LogP contribution in [-0.4, -0.2) is 22.4 Å². The molecule has 2 amide bonds. The Hall–Kier alpha value is -1.82. The van der Waals surface area contributed by atoms with Gasteiger partial charge in [0.25, 0.3) is 0 Å². The summed E-state index contributed by atoms with van der Waals surface area (Å²) < 4.78 is 1.90. The minimum absolute atomic E-state index is 0.0653. The molecule has 1 unspecified atom stereocenters. The minimum atomic E-state index is -0.0653. The lowest BCUT2D eigenvalue weighted by molar-refractivity contribution is 0.231. The van der Waals surface area contributed by atoms with Gasteiger partial charge in [0.15, 0.2) is 0 Å². The lowest BCUT2D eigenvalue weighted by Gasteiger charge is -2.24. The first-order valence-corrected chi connectivity index (χ1v) is 10.0. The van der Waals surface area contributed by atoms with Crippen molar-refractivity contribution in [2.24, 2.45) is 13.0 Å². The number of hydrogen-bond donors (Lipinski definition) is 2. The van der Waals surface area contributed by atoms with E-state index in [0.29, 0.717) is 12.5 Å². The molecule has 0 saturated heterocycles. The maximum atomic E-state index is 12.4. The van der Waals surface area contributed by atoms with Crippen LogP contribution in [0.3, 0.4) is 0 Å². The summed E-state index contributed by atoms with van der Waals surface area (Å²) in [5.74, 6) is 0.562. The van der Waals surface area contributed by atoms with Crippen LogP contribution in [0.15, 0.2) is 17.5 Å². The number of aryl methyl sites for hydroxylation is 2. The van der Waals surface area contributed by atoms with Crippen molar-refractivity contribution in [2.75, 3.05) is 6.54 Å². The van der Waals surface area contributed by atoms with E-state index < -0.39 is 0 Å². The molecule has 1 fully saturated rings. The topological polar surface area (TPSA) is 59.0 Å². The highest BCUT2D eigenvalue weighted by Crippen LogP contribution is 2.37. The standard InChI is InChI=1S/C19H28N4OS/c1-13-16(14(2)23(3)22-13)10-11-20-19(24)21-18(15-7-4-5-8-15)17-9-6-12-25-17/h6,9,12,15,18H,4-5,7-8,10-11H2,1-3H3,(H2,20,21,24). The maximum absolute atomic E-state index is 12.4. The van der Waals surface area contributed by atoms with Gasteiger partial charge < -0.3 is 10.6 Å². The average Bonchev–Trinajstić information content (AvgIpc) is 3.32. The van der Waals surface area contributed by atoms with Crippen molar-refractivity contribution < 1.29 is 4.79 Å². The zero-order chi connectivity index (χ0) is 17.8. The molecule has 136 valence electrons. The largest absolute Gasteiger partial charge is 0.338 e. The first-order valence-electron chi connectivity index (χ1n) is 9.13. The fraction of sp³-hybridized carbons (Fsp3) is 0.579. The van der Waals surface area contributed by atoms with Gasteiger partial charge in [-0.25, -0.2) is 4.79 Å². The molecular weight excluding hydrogens is 332 g/mol. The molecule has 0 aromatic carbocycles. The third-order valence-corrected chi connectivity index (χ3v) is 6.28. The maximum Gasteiger partial charge on any atom is 0.315 e. The molecule has 2 N–H and O–H groups in total. The van der Waals surface area contributed by atoms with Gasteiger partial charge in [-0.2, -0.15) is 5.10 Å². The molecule has 25 heavy (non-hydrogen) atoms. The second kappa shape index (κ2) is 8.04. The number of nitrogens with zero attached hydrogens (tertiary/aromatic N) is 2. The van der Waals surface area contributed by atoms with E-state index in [-0.39, 0.29) is 12.1 Å². The molecule has 6 heteroatoms. The molecule has 1 atom stereocenters. The first kappa shape index (κ1) is 18.0. The quantitative estimate of drug-likeness (QED) is 0.821. The van der Waals surface area contributed by atoms with Crippen LogP contribution in [0.1, 0.15) is 53.6 Å². The third-order valence-electron chi connectivity index (χ3n) is 5.33. The molecule has 0 spiro atoms. The van der Waals surface area contributed by atoms with Crippen molar-refractivity contribution in [3.63, 3.8) is 0 Å². The van der Waals surface area contributed by atoms with Gasteiger partial charge in [0.05, 0.1) is 11.7 Å². The summed E-state index contributed by atoms with van der Waals surface area (Å²) in [5.41, 5.74) is 3.44. The zero-order valence-corrected chi connectivity index (χ0v) is 16.2. The van der Waals surface area contributed by atoms with Gasteiger partial charge in [-0.15, -0.1) is 11.3 Å². The van der Waals surface area contributed by atoms with Crippen LogP contribution >= 0.6 is 11.3 Å². The molecule has 3 rings (SSSR count). The molecule has 2 aromatic rings. The van der Waals surface area contributed by atoms with Crippen molar-refractivity contribution in [1.29, 1.82) is 0 Å². The Balaban J connectivity index is 1.55. The molecule has 2 heterocycles. The predicted molar refractivity (Wildman–Crippen MR) is 102 cm³/mol. The number of hydrogen-bond acceptors (Lipinski definition) is 3. The number of carbonyl (C=O) groups is 1. The molecule has 0 radical (unpaired) electrons. The summed E-state index contributed by atoms with van der Waals surface area (Å²) in [6.07, 6.45) is 5.77. The average molecular weight is 361 g/mol. The SMILES string of the molecule is Cc1nn(C)c(C)c1CCNC(=O)NC(c1cccs1)C1CCCC1. The van der Waals surface area contributed by atoms with Crippen molar-refractivity contribution in [3.05, 3.63) is 39.3 Å². The fourth-order valence-corrected chi connectivity index (χ4v) is 4.72. The number of aromatic nitrogens is 2. The van der Waals surface area contributed by atoms with Crippen LogP contribution in [0, 0.1) is 19.8 Å². The van der Waals surface area contributed by atoms with E-state index >= 15 is 0 Å². The number of urea groups is 1. The highest BCUT2D eigenvalue weighted by molar-refractivity contribution is 7.10. The highest BCUT2D eigenvalue weighted by atomic mass is 32.1. The molecule has 1 aliphatic carbocycles. The molecule has 0 bridgehead atoms. The van der Waals surface area contributed by atoms with E-state index in [4.69, 9.17) is 0 Å². The summed E-state index contributed by atoms with van der Waals surface area (Å²) >= 11 is 1.73. The van der Waals surface area contributed by atoms with Crippen LogP contribution in [0.2, 0.25) is 0 Å². The number of amides is 2. The predicted octanol–water partition coefficient (Wildman–Crippen LogP) is 3.87. The Morgan fingerprint density at radius 1 is 1.40 bits per heavy atom. The van der Waals surface area contributed by atoms with Gasteiger partial charge >= 0.3 is 6.03 Å². The Kier molecular flexibility index (Phi) is 5.78. The van der Waals surface area contributed by atoms with Gasteiger partial charge in [-0.1, -0.05) is 18.9 Å². The Morgan fingerprint density at radius 2 is 2.16 bits per heavy atom. The number of thiophene rings is 1. The molecule has 5 nitrogen and oxygen atoms in total. The Labute approximate surface area is 153 Å². The van der Waals surface area contributed by atoms with E-state index in [1.54, 1.807) is 11.3 Å². The second-order valence-electron chi connectivity index (χ2n) is 6.96. The van der Waals surface area contributed by atoms with Gasteiger partial charge in [-0.05, 0) is 56.0 Å². The lowest BCUT2D eigenvalue weighted by Crippen LogP contribution is -2.40. The van der Waals surface area contributed by atoms with Gasteiger partial charge in [0.2, 0.25) is 0 Å². The Morgan fingerprint density at radius 3 is 2.76 bits per heavy atom. The van der Waals surface area contributed by atoms with E-state index in [1.165, 1.54) is 41.8 Å². The van der Waals surface area contributed by atoms with Gasteiger partial charge in [-0.3, -0.25) is 4.68 Å². The van der Waals surface area contributed by atoms with Crippen LogP contribution in [-0.2, 0) is 13.5 Å². The summed E-state index contributed by atoms with van der Waals surface area (Å²) in [5, 5.41) is 12.8. The van der Waals surface area contributed by atoms with Gasteiger partial charge in [0.1, 0.15) is 0 Å². The lowest BCUT2D eigenvalue weighted by atomic mass is 9.97. The summed E-state index contributed by atoms with van der Waals surface area (Å²) in [6, 6.07) is 4.28. The van der Waals surface area contributed by atoms with E-state index in [2.05, 4.69) is 40.2 Å². The van der Waals surface area contributed by atoms with E-state index in [1.807, 2.05) is 18.7 Å². The van der Waals surface area contributed by atoms with Crippen molar-refractivity contribution >= 4 is 17.4 Å². The van der Waals surface area contributed by atoms with Crippen LogP contribution < -0.4 is 10.6 Å². The number of rotatable bonds is 6. The molecule has 0 aliphatic heterocycles. The molecule has 1 saturated carbocycles. The van der Waals surface area contributed by atoms with Gasteiger partial charge in [0, 0.05) is 24.2 Å². The normalized spacial score (nSPS) is 16.1. The van der Waals surface area contributed by atoms with Crippen molar-refractivity contribution in [2.45, 2.75) is 52.0 Å². The highest BCUT2D eigenvalue weighted by Gasteiger charge is 2.28. The first-order chi connectivity index (χ1) is 12.1. The second-order valence-corrected chi connectivity index (χ2v) is 7.94. The van der Waals surface area contributed by atoms with E-state index in [9.17, 15) is 4.79 Å². The summed E-state index contributed by atoms with van der Waals surface area (Å²) in [4.78, 5) is 13.7. The number of nitrogens with one attached hydrogen (secondary N) is 2. The van der Waals surface area contributed by atoms with Crippen LogP contribution in [0.4, 0.5) is 4.79 Å². The van der Waals surface area contributed by atoms with Crippen LogP contribution in [0.25, 0.3) is 0 Å². The summed E-state index contributed by atoms with van der Waals surface area (Å²) in [6.45, 7) is 4.72. The molecular formula is C19H28N4OS. The third kappa shape index (κ3) is 4.24. The Bertz CT molecular complexity index is 701. The van der Waals surface area contributed by atoms with Crippen LogP contribution in [0.5, 0.6) is 0 Å². The summed E-state index contributed by atoms with van der Waals surface area (Å²) in [7, 11) is 1.96. The smallest absolute Gasteiger partial charge is 0.315 e. The molecule has 2 aromatic heterocycles.